The van der Waals surface area contributed by atoms with E-state index in [1.54, 1.807) is 5.56 Å². The number of allylic oxidation sites excluding steroid dienone is 3. The molecule has 0 saturated heterocycles. The number of benzene rings is 1. The molecule has 2 fully saturated rings. The molecule has 2 aliphatic rings. The Bertz CT molecular complexity index is 596. The fourth-order valence-corrected chi connectivity index (χ4v) is 5.40. The van der Waals surface area contributed by atoms with Crippen LogP contribution in [0.3, 0.4) is 0 Å². The van der Waals surface area contributed by atoms with Crippen LogP contribution >= 0.6 is 0 Å². The van der Waals surface area contributed by atoms with E-state index in [9.17, 15) is 0 Å². The third kappa shape index (κ3) is 6.34. The molecule has 2 saturated carbocycles. The first-order valence-electron chi connectivity index (χ1n) is 11.7. The van der Waals surface area contributed by atoms with Gasteiger partial charge in [0.2, 0.25) is 0 Å². The summed E-state index contributed by atoms with van der Waals surface area (Å²) in [4.78, 5) is 0. The molecule has 0 spiro atoms. The predicted octanol–water partition coefficient (Wildman–Crippen LogP) is 7.83. The molecule has 0 unspecified atom stereocenters. The second-order valence-electron chi connectivity index (χ2n) is 8.96. The summed E-state index contributed by atoms with van der Waals surface area (Å²) in [6.07, 6.45) is 21.4. The fourth-order valence-electron chi connectivity index (χ4n) is 5.40. The lowest BCUT2D eigenvalue weighted by molar-refractivity contribution is 0.125. The lowest BCUT2D eigenvalue weighted by Crippen LogP contribution is -2.25. The third-order valence-corrected chi connectivity index (χ3v) is 7.10. The summed E-state index contributed by atoms with van der Waals surface area (Å²) < 4.78 is 5.76. The minimum atomic E-state index is 0.737. The van der Waals surface area contributed by atoms with Crippen LogP contribution in [0, 0.1) is 17.8 Å². The SMILES string of the molecule is CC=CCCOCc1ccc(C2CCC([C@H]3CC[C@H](/C=C/C)CC3)CC2)cc1. The van der Waals surface area contributed by atoms with Gasteiger partial charge in [0.15, 0.2) is 0 Å². The van der Waals surface area contributed by atoms with Crippen LogP contribution in [0.5, 0.6) is 0 Å². The van der Waals surface area contributed by atoms with Gasteiger partial charge in [-0.05, 0) is 106 Å². The van der Waals surface area contributed by atoms with Crippen LogP contribution in [0.1, 0.15) is 88.7 Å². The molecule has 1 aromatic carbocycles. The zero-order valence-corrected chi connectivity index (χ0v) is 18.1. The molecule has 0 N–H and O–H groups in total. The van der Waals surface area contributed by atoms with E-state index in [0.29, 0.717) is 0 Å². The van der Waals surface area contributed by atoms with Crippen LogP contribution in [0.2, 0.25) is 0 Å². The number of hydrogen-bond donors (Lipinski definition) is 0. The Morgan fingerprint density at radius 1 is 0.821 bits per heavy atom. The molecule has 1 aromatic rings. The fraction of sp³-hybridized carbons (Fsp3) is 0.630. The average Bonchev–Trinajstić information content (AvgIpc) is 2.75. The maximum Gasteiger partial charge on any atom is 0.0717 e. The minimum absolute atomic E-state index is 0.737. The molecule has 0 heterocycles. The summed E-state index contributed by atoms with van der Waals surface area (Å²) in [6.45, 7) is 5.77. The van der Waals surface area contributed by atoms with Crippen molar-refractivity contribution in [1.29, 1.82) is 0 Å². The van der Waals surface area contributed by atoms with Gasteiger partial charge in [0.1, 0.15) is 0 Å². The number of rotatable bonds is 8. The van der Waals surface area contributed by atoms with Gasteiger partial charge in [-0.3, -0.25) is 0 Å². The Labute approximate surface area is 173 Å². The quantitative estimate of drug-likeness (QED) is 0.330. The predicted molar refractivity (Wildman–Crippen MR) is 120 cm³/mol. The third-order valence-electron chi connectivity index (χ3n) is 7.10. The molecule has 0 bridgehead atoms. The largest absolute Gasteiger partial charge is 0.376 e. The molecule has 154 valence electrons. The van der Waals surface area contributed by atoms with Crippen LogP contribution in [0.25, 0.3) is 0 Å². The van der Waals surface area contributed by atoms with Crippen LogP contribution in [-0.4, -0.2) is 6.61 Å². The van der Waals surface area contributed by atoms with Crippen LogP contribution in [0.15, 0.2) is 48.6 Å². The van der Waals surface area contributed by atoms with Crippen molar-refractivity contribution >= 4 is 0 Å². The summed E-state index contributed by atoms with van der Waals surface area (Å²) in [5, 5.41) is 0. The van der Waals surface area contributed by atoms with E-state index in [-0.39, 0.29) is 0 Å². The summed E-state index contributed by atoms with van der Waals surface area (Å²) in [5.74, 6) is 3.64. The summed E-state index contributed by atoms with van der Waals surface area (Å²) in [5.41, 5.74) is 2.85. The van der Waals surface area contributed by atoms with Crippen molar-refractivity contribution in [2.75, 3.05) is 6.61 Å². The number of hydrogen-bond acceptors (Lipinski definition) is 1. The molecule has 3 rings (SSSR count). The van der Waals surface area contributed by atoms with Crippen molar-refractivity contribution in [3.63, 3.8) is 0 Å². The Hall–Kier alpha value is -1.34. The van der Waals surface area contributed by atoms with Crippen molar-refractivity contribution in [2.45, 2.75) is 84.2 Å². The van der Waals surface area contributed by atoms with Gasteiger partial charge in [-0.1, -0.05) is 48.6 Å². The molecule has 0 radical (unpaired) electrons. The molecular weight excluding hydrogens is 340 g/mol. The Morgan fingerprint density at radius 3 is 2.07 bits per heavy atom. The van der Waals surface area contributed by atoms with Crippen molar-refractivity contribution in [3.8, 4) is 0 Å². The smallest absolute Gasteiger partial charge is 0.0717 e. The summed E-state index contributed by atoms with van der Waals surface area (Å²) in [7, 11) is 0. The zero-order valence-electron chi connectivity index (χ0n) is 18.1. The highest BCUT2D eigenvalue weighted by molar-refractivity contribution is 5.25. The first kappa shape index (κ1) is 21.4. The molecule has 0 aliphatic heterocycles. The topological polar surface area (TPSA) is 9.23 Å². The van der Waals surface area contributed by atoms with E-state index in [2.05, 4.69) is 62.4 Å². The van der Waals surface area contributed by atoms with Crippen LogP contribution in [-0.2, 0) is 11.3 Å². The maximum atomic E-state index is 5.76. The van der Waals surface area contributed by atoms with Crippen molar-refractivity contribution < 1.29 is 4.74 Å². The van der Waals surface area contributed by atoms with Gasteiger partial charge in [-0.2, -0.15) is 0 Å². The van der Waals surface area contributed by atoms with Gasteiger partial charge < -0.3 is 4.74 Å². The van der Waals surface area contributed by atoms with Gasteiger partial charge in [-0.15, -0.1) is 0 Å². The molecule has 0 aromatic heterocycles. The van der Waals surface area contributed by atoms with E-state index in [0.717, 1.165) is 43.3 Å². The normalized spacial score (nSPS) is 28.9. The van der Waals surface area contributed by atoms with Crippen molar-refractivity contribution in [2.24, 2.45) is 17.8 Å². The standard InChI is InChI=1S/C27H40O/c1-3-5-6-20-28-21-23-10-14-25(15-11-23)27-18-16-26(17-19-27)24-12-8-22(7-4-2)9-13-24/h3-5,7,10-11,14-15,22,24,26-27H,6,8-9,12-13,16-21H2,1-2H3/b5-3?,7-4+/t22-,24-,26?,27?. The Balaban J connectivity index is 1.40. The van der Waals surface area contributed by atoms with Crippen molar-refractivity contribution in [3.05, 3.63) is 59.7 Å². The second-order valence-corrected chi connectivity index (χ2v) is 8.96. The molecule has 1 heteroatoms. The Kier molecular flexibility index (Phi) is 8.86. The lowest BCUT2D eigenvalue weighted by atomic mass is 9.68. The van der Waals surface area contributed by atoms with E-state index in [1.165, 1.54) is 56.9 Å². The van der Waals surface area contributed by atoms with E-state index in [1.807, 2.05) is 0 Å². The first-order chi connectivity index (χ1) is 13.8. The molecular formula is C27H40O. The molecule has 2 aliphatic carbocycles. The van der Waals surface area contributed by atoms with Crippen molar-refractivity contribution in [1.82, 2.24) is 0 Å². The molecule has 1 nitrogen and oxygen atoms in total. The van der Waals surface area contributed by atoms with Gasteiger partial charge in [0.05, 0.1) is 13.2 Å². The minimum Gasteiger partial charge on any atom is -0.376 e. The monoisotopic (exact) mass is 380 g/mol. The van der Waals surface area contributed by atoms with E-state index < -0.39 is 0 Å². The maximum absolute atomic E-state index is 5.76. The lowest BCUT2D eigenvalue weighted by Gasteiger charge is -2.37. The summed E-state index contributed by atoms with van der Waals surface area (Å²) in [6, 6.07) is 9.27. The second kappa shape index (κ2) is 11.6. The highest BCUT2D eigenvalue weighted by Gasteiger charge is 2.30. The molecule has 0 amide bonds. The zero-order chi connectivity index (χ0) is 19.6. The van der Waals surface area contributed by atoms with Gasteiger partial charge in [0.25, 0.3) is 0 Å². The molecule has 28 heavy (non-hydrogen) atoms. The van der Waals surface area contributed by atoms with Gasteiger partial charge in [-0.25, -0.2) is 0 Å². The van der Waals surface area contributed by atoms with Crippen LogP contribution < -0.4 is 0 Å². The molecule has 0 atom stereocenters. The Morgan fingerprint density at radius 2 is 1.46 bits per heavy atom. The summed E-state index contributed by atoms with van der Waals surface area (Å²) >= 11 is 0. The number of ether oxygens (including phenoxy) is 1. The first-order valence-corrected chi connectivity index (χ1v) is 11.7. The highest BCUT2D eigenvalue weighted by atomic mass is 16.5. The van der Waals surface area contributed by atoms with Crippen LogP contribution in [0.4, 0.5) is 0 Å². The average molecular weight is 381 g/mol. The highest BCUT2D eigenvalue weighted by Crippen LogP contribution is 2.44. The van der Waals surface area contributed by atoms with E-state index in [4.69, 9.17) is 4.74 Å². The van der Waals surface area contributed by atoms with Gasteiger partial charge in [0, 0.05) is 0 Å². The van der Waals surface area contributed by atoms with Gasteiger partial charge >= 0.3 is 0 Å². The van der Waals surface area contributed by atoms with E-state index >= 15 is 0 Å².